The summed E-state index contributed by atoms with van der Waals surface area (Å²) in [5.74, 6) is -0.286. The molecule has 2 rings (SSSR count). The van der Waals surface area contributed by atoms with E-state index in [1.54, 1.807) is 17.4 Å². The highest BCUT2D eigenvalue weighted by molar-refractivity contribution is 7.15. The third kappa shape index (κ3) is 1.77. The molecule has 1 aromatic heterocycles. The molecule has 3 heteroatoms. The summed E-state index contributed by atoms with van der Waals surface area (Å²) < 4.78 is 13.0. The van der Waals surface area contributed by atoms with Gasteiger partial charge in [-0.15, -0.1) is 11.3 Å². The summed E-state index contributed by atoms with van der Waals surface area (Å²) in [5.41, 5.74) is 6.88. The molecule has 72 valence electrons. The van der Waals surface area contributed by atoms with Crippen LogP contribution in [0, 0.1) is 12.7 Å². The fourth-order valence-electron chi connectivity index (χ4n) is 1.34. The number of aryl methyl sites for hydroxylation is 1. The van der Waals surface area contributed by atoms with Gasteiger partial charge in [0.1, 0.15) is 5.82 Å². The van der Waals surface area contributed by atoms with Crippen LogP contribution in [-0.2, 0) is 0 Å². The zero-order valence-electron chi connectivity index (χ0n) is 7.75. The molecule has 1 nitrogen and oxygen atoms in total. The van der Waals surface area contributed by atoms with Gasteiger partial charge in [0.15, 0.2) is 0 Å². The van der Waals surface area contributed by atoms with Crippen molar-refractivity contribution in [3.63, 3.8) is 0 Å². The minimum Gasteiger partial charge on any atom is -0.399 e. The van der Waals surface area contributed by atoms with Crippen molar-refractivity contribution in [2.24, 2.45) is 0 Å². The minimum atomic E-state index is -0.286. The van der Waals surface area contributed by atoms with Crippen molar-refractivity contribution >= 4 is 17.0 Å². The fourth-order valence-corrected chi connectivity index (χ4v) is 2.20. The summed E-state index contributed by atoms with van der Waals surface area (Å²) in [6.45, 7) is 2.02. The Morgan fingerprint density at radius 2 is 2.00 bits per heavy atom. The molecule has 1 heterocycles. The molecule has 2 aromatic rings. The predicted molar refractivity (Wildman–Crippen MR) is 58.9 cm³/mol. The Morgan fingerprint density at radius 1 is 1.21 bits per heavy atom. The number of rotatable bonds is 1. The Labute approximate surface area is 86.0 Å². The molecule has 0 spiro atoms. The van der Waals surface area contributed by atoms with Gasteiger partial charge >= 0.3 is 0 Å². The average Bonchev–Trinajstić information content (AvgIpc) is 2.50. The Kier molecular flexibility index (Phi) is 2.25. The molecular formula is C11H10FNS. The second-order valence-corrected chi connectivity index (χ2v) is 4.47. The minimum absolute atomic E-state index is 0.286. The third-order valence-electron chi connectivity index (χ3n) is 1.94. The first-order chi connectivity index (χ1) is 6.65. The number of anilines is 1. The van der Waals surface area contributed by atoms with Crippen molar-refractivity contribution < 1.29 is 4.39 Å². The molecule has 0 aliphatic carbocycles. The molecule has 0 aliphatic rings. The van der Waals surface area contributed by atoms with Crippen LogP contribution in [0.5, 0.6) is 0 Å². The van der Waals surface area contributed by atoms with Gasteiger partial charge in [0, 0.05) is 15.4 Å². The lowest BCUT2D eigenvalue weighted by atomic mass is 10.1. The van der Waals surface area contributed by atoms with E-state index in [1.807, 2.05) is 19.1 Å². The second-order valence-electron chi connectivity index (χ2n) is 3.18. The molecule has 0 amide bonds. The molecule has 0 saturated carbocycles. The zero-order valence-corrected chi connectivity index (χ0v) is 8.57. The highest BCUT2D eigenvalue weighted by Gasteiger charge is 2.03. The van der Waals surface area contributed by atoms with Gasteiger partial charge in [0.2, 0.25) is 0 Å². The number of thiophene rings is 1. The number of nitrogen functional groups attached to an aromatic ring is 1. The number of hydrogen-bond acceptors (Lipinski definition) is 2. The van der Waals surface area contributed by atoms with Crippen LogP contribution in [0.3, 0.4) is 0 Å². The molecule has 0 saturated heterocycles. The quantitative estimate of drug-likeness (QED) is 0.712. The number of hydrogen-bond donors (Lipinski definition) is 1. The highest BCUT2D eigenvalue weighted by atomic mass is 32.1. The van der Waals surface area contributed by atoms with Gasteiger partial charge in [0.25, 0.3) is 0 Å². The van der Waals surface area contributed by atoms with Gasteiger partial charge in [-0.1, -0.05) is 0 Å². The molecule has 14 heavy (non-hydrogen) atoms. The summed E-state index contributed by atoms with van der Waals surface area (Å²) in [4.78, 5) is 2.26. The van der Waals surface area contributed by atoms with E-state index < -0.39 is 0 Å². The van der Waals surface area contributed by atoms with E-state index >= 15 is 0 Å². The van der Waals surface area contributed by atoms with Crippen molar-refractivity contribution in [3.05, 3.63) is 41.0 Å². The van der Waals surface area contributed by atoms with Gasteiger partial charge in [-0.25, -0.2) is 4.39 Å². The highest BCUT2D eigenvalue weighted by Crippen LogP contribution is 2.29. The molecule has 2 N–H and O–H groups in total. The Morgan fingerprint density at radius 3 is 2.57 bits per heavy atom. The third-order valence-corrected chi connectivity index (χ3v) is 2.99. The van der Waals surface area contributed by atoms with E-state index in [2.05, 4.69) is 0 Å². The maximum atomic E-state index is 13.0. The van der Waals surface area contributed by atoms with E-state index in [9.17, 15) is 4.39 Å². The fraction of sp³-hybridized carbons (Fsp3) is 0.0909. The topological polar surface area (TPSA) is 26.0 Å². The van der Waals surface area contributed by atoms with Crippen LogP contribution in [0.2, 0.25) is 0 Å². The molecule has 0 aliphatic heterocycles. The maximum Gasteiger partial charge on any atom is 0.125 e. The lowest BCUT2D eigenvalue weighted by molar-refractivity contribution is 0.629. The summed E-state index contributed by atoms with van der Waals surface area (Å²) in [6, 6.07) is 8.61. The zero-order chi connectivity index (χ0) is 10.1. The van der Waals surface area contributed by atoms with Crippen molar-refractivity contribution in [1.82, 2.24) is 0 Å². The van der Waals surface area contributed by atoms with Crippen LogP contribution < -0.4 is 5.73 Å². The number of halogens is 1. The summed E-state index contributed by atoms with van der Waals surface area (Å²) in [6.07, 6.45) is 0. The van der Waals surface area contributed by atoms with Gasteiger partial charge in [-0.05, 0) is 42.8 Å². The van der Waals surface area contributed by atoms with Crippen LogP contribution in [0.4, 0.5) is 10.1 Å². The summed E-state index contributed by atoms with van der Waals surface area (Å²) in [7, 11) is 0. The van der Waals surface area contributed by atoms with Crippen LogP contribution >= 0.6 is 11.3 Å². The van der Waals surface area contributed by atoms with E-state index in [4.69, 9.17) is 5.73 Å². The van der Waals surface area contributed by atoms with Crippen molar-refractivity contribution in [1.29, 1.82) is 0 Å². The van der Waals surface area contributed by atoms with Gasteiger partial charge in [-0.2, -0.15) is 0 Å². The van der Waals surface area contributed by atoms with Crippen LogP contribution in [-0.4, -0.2) is 0 Å². The largest absolute Gasteiger partial charge is 0.399 e. The van der Waals surface area contributed by atoms with Gasteiger partial charge in [-0.3, -0.25) is 0 Å². The van der Waals surface area contributed by atoms with E-state index in [0.29, 0.717) is 5.69 Å². The lowest BCUT2D eigenvalue weighted by Gasteiger charge is -1.99. The van der Waals surface area contributed by atoms with E-state index in [0.717, 1.165) is 10.4 Å². The Bertz CT molecular complexity index is 442. The van der Waals surface area contributed by atoms with Crippen LogP contribution in [0.25, 0.3) is 10.4 Å². The molecule has 0 unspecified atom stereocenters. The van der Waals surface area contributed by atoms with Crippen LogP contribution in [0.15, 0.2) is 30.3 Å². The molecule has 0 radical (unpaired) electrons. The predicted octanol–water partition coefficient (Wildman–Crippen LogP) is 3.44. The van der Waals surface area contributed by atoms with E-state index in [1.165, 1.54) is 17.0 Å². The number of nitrogens with two attached hydrogens (primary N) is 1. The Hall–Kier alpha value is -1.35. The van der Waals surface area contributed by atoms with Gasteiger partial charge in [0.05, 0.1) is 0 Å². The van der Waals surface area contributed by atoms with E-state index in [-0.39, 0.29) is 5.82 Å². The number of benzene rings is 1. The molecule has 0 fully saturated rings. The standard InChI is InChI=1S/C11H10FNS/c1-7-2-3-11(14-7)8-4-9(12)6-10(13)5-8/h2-6H,13H2,1H3. The normalized spacial score (nSPS) is 10.4. The molecular weight excluding hydrogens is 197 g/mol. The molecule has 0 bridgehead atoms. The Balaban J connectivity index is 2.51. The first-order valence-corrected chi connectivity index (χ1v) is 5.10. The monoisotopic (exact) mass is 207 g/mol. The summed E-state index contributed by atoms with van der Waals surface area (Å²) in [5, 5.41) is 0. The van der Waals surface area contributed by atoms with Crippen molar-refractivity contribution in [3.8, 4) is 10.4 Å². The first kappa shape index (κ1) is 9.21. The average molecular weight is 207 g/mol. The van der Waals surface area contributed by atoms with Gasteiger partial charge < -0.3 is 5.73 Å². The first-order valence-electron chi connectivity index (χ1n) is 4.28. The SMILES string of the molecule is Cc1ccc(-c2cc(N)cc(F)c2)s1. The van der Waals surface area contributed by atoms with Crippen molar-refractivity contribution in [2.45, 2.75) is 6.92 Å². The summed E-state index contributed by atoms with van der Waals surface area (Å²) >= 11 is 1.64. The molecule has 0 atom stereocenters. The second kappa shape index (κ2) is 3.42. The smallest absolute Gasteiger partial charge is 0.125 e. The van der Waals surface area contributed by atoms with Crippen LogP contribution in [0.1, 0.15) is 4.88 Å². The lowest BCUT2D eigenvalue weighted by Crippen LogP contribution is -1.87. The molecule has 1 aromatic carbocycles. The maximum absolute atomic E-state index is 13.0. The van der Waals surface area contributed by atoms with Crippen molar-refractivity contribution in [2.75, 3.05) is 5.73 Å².